The molecule has 26 heavy (non-hydrogen) atoms. The van der Waals surface area contributed by atoms with Crippen LogP contribution in [-0.2, 0) is 9.59 Å². The molecular formula is C21H27N3O2. The van der Waals surface area contributed by atoms with Crippen molar-refractivity contribution in [2.24, 2.45) is 0 Å². The minimum Gasteiger partial charge on any atom is -0.372 e. The van der Waals surface area contributed by atoms with Gasteiger partial charge in [0.15, 0.2) is 0 Å². The first kappa shape index (κ1) is 19.5. The fraction of sp³-hybridized carbons (Fsp3) is 0.333. The highest BCUT2D eigenvalue weighted by molar-refractivity contribution is 6.08. The van der Waals surface area contributed by atoms with E-state index >= 15 is 0 Å². The van der Waals surface area contributed by atoms with Crippen molar-refractivity contribution in [3.63, 3.8) is 0 Å². The van der Waals surface area contributed by atoms with E-state index < -0.39 is 0 Å². The van der Waals surface area contributed by atoms with Gasteiger partial charge in [0.05, 0.1) is 0 Å². The van der Waals surface area contributed by atoms with Crippen molar-refractivity contribution in [2.75, 3.05) is 28.6 Å². The van der Waals surface area contributed by atoms with Gasteiger partial charge in [-0.3, -0.25) is 9.59 Å². The average Bonchev–Trinajstić information content (AvgIpc) is 2.61. The van der Waals surface area contributed by atoms with Crippen LogP contribution >= 0.6 is 0 Å². The predicted molar refractivity (Wildman–Crippen MR) is 108 cm³/mol. The predicted octanol–water partition coefficient (Wildman–Crippen LogP) is 4.12. The van der Waals surface area contributed by atoms with Gasteiger partial charge in [-0.1, -0.05) is 12.1 Å². The molecule has 0 aliphatic carbocycles. The summed E-state index contributed by atoms with van der Waals surface area (Å²) in [6.45, 7) is 10.0. The smallest absolute Gasteiger partial charge is 0.233 e. The Labute approximate surface area is 155 Å². The topological polar surface area (TPSA) is 61.4 Å². The highest BCUT2D eigenvalue weighted by Gasteiger charge is 2.12. The molecule has 0 saturated heterocycles. The zero-order valence-corrected chi connectivity index (χ0v) is 15.9. The zero-order chi connectivity index (χ0) is 19.1. The van der Waals surface area contributed by atoms with Crippen molar-refractivity contribution in [1.29, 1.82) is 0 Å². The number of nitrogens with one attached hydrogen (secondary N) is 2. The Bertz CT molecular complexity index is 765. The normalized spacial score (nSPS) is 10.3. The number of nitrogens with zero attached hydrogens (tertiary/aromatic N) is 1. The fourth-order valence-electron chi connectivity index (χ4n) is 2.78. The maximum Gasteiger partial charge on any atom is 0.233 e. The van der Waals surface area contributed by atoms with Crippen LogP contribution in [0.25, 0.3) is 0 Å². The van der Waals surface area contributed by atoms with Gasteiger partial charge in [0.2, 0.25) is 11.8 Å². The van der Waals surface area contributed by atoms with Crippen LogP contribution in [0.3, 0.4) is 0 Å². The van der Waals surface area contributed by atoms with Crippen LogP contribution in [-0.4, -0.2) is 24.9 Å². The Morgan fingerprint density at radius 3 is 2.12 bits per heavy atom. The Morgan fingerprint density at radius 2 is 1.50 bits per heavy atom. The summed E-state index contributed by atoms with van der Waals surface area (Å²) in [7, 11) is 0. The van der Waals surface area contributed by atoms with Crippen molar-refractivity contribution in [3.8, 4) is 0 Å². The minimum absolute atomic E-state index is 0.217. The van der Waals surface area contributed by atoms with E-state index in [2.05, 4.69) is 29.4 Å². The second-order valence-electron chi connectivity index (χ2n) is 6.24. The summed E-state index contributed by atoms with van der Waals surface area (Å²) >= 11 is 0. The van der Waals surface area contributed by atoms with Crippen LogP contribution in [0.5, 0.6) is 0 Å². The third-order valence-electron chi connectivity index (χ3n) is 4.48. The molecule has 2 amide bonds. The molecule has 2 rings (SSSR count). The molecule has 0 bridgehead atoms. The van der Waals surface area contributed by atoms with Crippen molar-refractivity contribution in [1.82, 2.24) is 0 Å². The first-order valence-electron chi connectivity index (χ1n) is 8.95. The number of benzene rings is 2. The first-order valence-corrected chi connectivity index (χ1v) is 8.95. The van der Waals surface area contributed by atoms with E-state index in [1.165, 1.54) is 0 Å². The molecule has 2 aromatic rings. The van der Waals surface area contributed by atoms with Crippen LogP contribution < -0.4 is 15.5 Å². The monoisotopic (exact) mass is 353 g/mol. The molecule has 0 fully saturated rings. The van der Waals surface area contributed by atoms with E-state index in [0.717, 1.165) is 35.6 Å². The third kappa shape index (κ3) is 5.09. The van der Waals surface area contributed by atoms with Gasteiger partial charge in [-0.05, 0) is 69.2 Å². The molecule has 2 aromatic carbocycles. The molecule has 5 nitrogen and oxygen atoms in total. The van der Waals surface area contributed by atoms with E-state index in [1.807, 2.05) is 56.3 Å². The molecule has 5 heteroatoms. The number of rotatable bonds is 7. The van der Waals surface area contributed by atoms with Gasteiger partial charge >= 0.3 is 0 Å². The second-order valence-corrected chi connectivity index (χ2v) is 6.24. The molecule has 0 aromatic heterocycles. The van der Waals surface area contributed by atoms with Crippen LogP contribution in [0.1, 0.15) is 31.4 Å². The summed E-state index contributed by atoms with van der Waals surface area (Å²) in [6.07, 6.45) is -0.217. The maximum absolute atomic E-state index is 12.1. The molecule has 0 unspecified atom stereocenters. The number of amides is 2. The number of aryl methyl sites for hydroxylation is 1. The lowest BCUT2D eigenvalue weighted by Crippen LogP contribution is -2.22. The van der Waals surface area contributed by atoms with Crippen LogP contribution in [0.2, 0.25) is 0 Å². The molecule has 0 aliphatic heterocycles. The maximum atomic E-state index is 12.1. The summed E-state index contributed by atoms with van der Waals surface area (Å²) < 4.78 is 0. The van der Waals surface area contributed by atoms with Crippen LogP contribution in [0.4, 0.5) is 17.1 Å². The lowest BCUT2D eigenvalue weighted by atomic mass is 10.1. The van der Waals surface area contributed by atoms with Gasteiger partial charge < -0.3 is 15.5 Å². The highest BCUT2D eigenvalue weighted by Crippen LogP contribution is 2.19. The number of hydrogen-bond acceptors (Lipinski definition) is 3. The summed E-state index contributed by atoms with van der Waals surface area (Å²) in [5, 5.41) is 5.57. The van der Waals surface area contributed by atoms with Gasteiger partial charge in [0.1, 0.15) is 6.42 Å². The summed E-state index contributed by atoms with van der Waals surface area (Å²) in [4.78, 5) is 26.5. The number of hydrogen-bond donors (Lipinski definition) is 2. The summed E-state index contributed by atoms with van der Waals surface area (Å²) in [6, 6.07) is 13.4. The Morgan fingerprint density at radius 1 is 0.885 bits per heavy atom. The van der Waals surface area contributed by atoms with Gasteiger partial charge in [-0.25, -0.2) is 0 Å². The average molecular weight is 353 g/mol. The van der Waals surface area contributed by atoms with Gasteiger partial charge in [0, 0.05) is 30.2 Å². The van der Waals surface area contributed by atoms with Gasteiger partial charge in [-0.15, -0.1) is 0 Å². The first-order chi connectivity index (χ1) is 12.4. The standard InChI is InChI=1S/C21H27N3O2/c1-5-24(6-2)18-12-10-17(11-13-18)22-20(25)14-21(26)23-19-9-7-8-15(3)16(19)4/h7-13H,5-6,14H2,1-4H3,(H,22,25)(H,23,26). The number of carbonyl (C=O) groups excluding carboxylic acids is 2. The quantitative estimate of drug-likeness (QED) is 0.736. The largest absolute Gasteiger partial charge is 0.372 e. The molecule has 0 aliphatic rings. The van der Waals surface area contributed by atoms with Crippen molar-refractivity contribution >= 4 is 28.9 Å². The molecule has 0 heterocycles. The van der Waals surface area contributed by atoms with Crippen molar-refractivity contribution in [3.05, 3.63) is 53.6 Å². The Balaban J connectivity index is 1.91. The van der Waals surface area contributed by atoms with Crippen LogP contribution in [0, 0.1) is 13.8 Å². The van der Waals surface area contributed by atoms with Crippen LogP contribution in [0.15, 0.2) is 42.5 Å². The van der Waals surface area contributed by atoms with Crippen molar-refractivity contribution < 1.29 is 9.59 Å². The molecule has 2 N–H and O–H groups in total. The Kier molecular flexibility index (Phi) is 6.78. The minimum atomic E-state index is -0.330. The number of carbonyl (C=O) groups is 2. The van der Waals surface area contributed by atoms with Gasteiger partial charge in [-0.2, -0.15) is 0 Å². The number of anilines is 3. The van der Waals surface area contributed by atoms with Crippen molar-refractivity contribution in [2.45, 2.75) is 34.1 Å². The zero-order valence-electron chi connectivity index (χ0n) is 15.9. The van der Waals surface area contributed by atoms with E-state index in [0.29, 0.717) is 5.69 Å². The van der Waals surface area contributed by atoms with E-state index in [1.54, 1.807) is 0 Å². The molecule has 0 saturated carbocycles. The second kappa shape index (κ2) is 9.04. The highest BCUT2D eigenvalue weighted by atomic mass is 16.2. The molecule has 0 atom stereocenters. The summed E-state index contributed by atoms with van der Waals surface area (Å²) in [5.74, 6) is -0.653. The molecule has 138 valence electrons. The summed E-state index contributed by atoms with van der Waals surface area (Å²) in [5.41, 5.74) is 4.64. The molecular weight excluding hydrogens is 326 g/mol. The lowest BCUT2D eigenvalue weighted by molar-refractivity contribution is -0.123. The molecule has 0 spiro atoms. The Hall–Kier alpha value is -2.82. The SMILES string of the molecule is CCN(CC)c1ccc(NC(=O)CC(=O)Nc2cccc(C)c2C)cc1. The third-order valence-corrected chi connectivity index (χ3v) is 4.48. The molecule has 0 radical (unpaired) electrons. The van der Waals surface area contributed by atoms with E-state index in [9.17, 15) is 9.59 Å². The fourth-order valence-corrected chi connectivity index (χ4v) is 2.78. The van der Waals surface area contributed by atoms with E-state index in [4.69, 9.17) is 0 Å². The van der Waals surface area contributed by atoms with Gasteiger partial charge in [0.25, 0.3) is 0 Å². The lowest BCUT2D eigenvalue weighted by Gasteiger charge is -2.21. The van der Waals surface area contributed by atoms with E-state index in [-0.39, 0.29) is 18.2 Å².